The number of carbonyl (C=O) groups excluding carboxylic acids is 1. The summed E-state index contributed by atoms with van der Waals surface area (Å²) in [5.41, 5.74) is 2.48. The van der Waals surface area contributed by atoms with Gasteiger partial charge in [-0.25, -0.2) is 4.39 Å². The molecule has 6 heteroatoms. The summed E-state index contributed by atoms with van der Waals surface area (Å²) in [4.78, 5) is 12.3. The summed E-state index contributed by atoms with van der Waals surface area (Å²) in [5, 5.41) is 2.90. The highest BCUT2D eigenvalue weighted by molar-refractivity contribution is 7.86. The SMILES string of the molecule is O=C(C[S@@](=O)[C@@H](c1ccccc1)c1ccc(Cl)cc1)NCc1ccc(F)cc1. The molecule has 0 radical (unpaired) electrons. The molecule has 3 rings (SSSR count). The Morgan fingerprint density at radius 2 is 1.54 bits per heavy atom. The van der Waals surface area contributed by atoms with Crippen LogP contribution < -0.4 is 5.32 Å². The Bertz CT molecular complexity index is 947. The topological polar surface area (TPSA) is 46.2 Å². The van der Waals surface area contributed by atoms with Crippen LogP contribution in [0.3, 0.4) is 0 Å². The second-order valence-electron chi connectivity index (χ2n) is 6.27. The zero-order valence-electron chi connectivity index (χ0n) is 15.0. The Labute approximate surface area is 171 Å². The maximum Gasteiger partial charge on any atom is 0.232 e. The van der Waals surface area contributed by atoms with Crippen LogP contribution in [-0.4, -0.2) is 15.9 Å². The van der Waals surface area contributed by atoms with Crippen LogP contribution in [0.25, 0.3) is 0 Å². The average molecular weight is 416 g/mol. The van der Waals surface area contributed by atoms with E-state index in [1.165, 1.54) is 12.1 Å². The van der Waals surface area contributed by atoms with Gasteiger partial charge >= 0.3 is 0 Å². The van der Waals surface area contributed by atoms with Gasteiger partial charge in [0.25, 0.3) is 0 Å². The molecular weight excluding hydrogens is 397 g/mol. The van der Waals surface area contributed by atoms with Crippen molar-refractivity contribution in [3.05, 3.63) is 106 Å². The number of nitrogens with one attached hydrogen (secondary N) is 1. The number of hydrogen-bond donors (Lipinski definition) is 1. The predicted octanol–water partition coefficient (Wildman–Crippen LogP) is 4.63. The van der Waals surface area contributed by atoms with Crippen LogP contribution in [0, 0.1) is 5.82 Å². The second kappa shape index (κ2) is 9.62. The van der Waals surface area contributed by atoms with Crippen LogP contribution in [0.4, 0.5) is 4.39 Å². The molecule has 0 saturated carbocycles. The van der Waals surface area contributed by atoms with E-state index in [9.17, 15) is 13.4 Å². The second-order valence-corrected chi connectivity index (χ2v) is 8.23. The Morgan fingerprint density at radius 1 is 0.929 bits per heavy atom. The molecule has 0 aliphatic rings. The first-order valence-corrected chi connectivity index (χ1v) is 10.5. The van der Waals surface area contributed by atoms with Gasteiger partial charge < -0.3 is 5.32 Å². The van der Waals surface area contributed by atoms with Gasteiger partial charge in [0.1, 0.15) is 11.6 Å². The Hall–Kier alpha value is -2.50. The van der Waals surface area contributed by atoms with Crippen molar-refractivity contribution in [2.45, 2.75) is 11.8 Å². The quantitative estimate of drug-likeness (QED) is 0.611. The first-order chi connectivity index (χ1) is 13.5. The Kier molecular flexibility index (Phi) is 6.95. The lowest BCUT2D eigenvalue weighted by Crippen LogP contribution is -2.29. The molecule has 0 aliphatic carbocycles. The highest BCUT2D eigenvalue weighted by atomic mass is 35.5. The van der Waals surface area contributed by atoms with Gasteiger partial charge in [-0.15, -0.1) is 0 Å². The third-order valence-corrected chi connectivity index (χ3v) is 6.08. The lowest BCUT2D eigenvalue weighted by Gasteiger charge is -2.18. The zero-order chi connectivity index (χ0) is 19.9. The zero-order valence-corrected chi connectivity index (χ0v) is 16.6. The first kappa shape index (κ1) is 20.2. The molecule has 3 nitrogen and oxygen atoms in total. The van der Waals surface area contributed by atoms with Gasteiger partial charge in [-0.2, -0.15) is 0 Å². The van der Waals surface area contributed by atoms with Gasteiger partial charge in [-0.05, 0) is 41.0 Å². The van der Waals surface area contributed by atoms with Crippen molar-refractivity contribution < 1.29 is 13.4 Å². The van der Waals surface area contributed by atoms with Crippen LogP contribution in [0.5, 0.6) is 0 Å². The molecule has 2 atom stereocenters. The molecule has 0 aromatic heterocycles. The highest BCUT2D eigenvalue weighted by Gasteiger charge is 2.23. The summed E-state index contributed by atoms with van der Waals surface area (Å²) in [6.45, 7) is 0.257. The van der Waals surface area contributed by atoms with Crippen LogP contribution in [0.2, 0.25) is 5.02 Å². The van der Waals surface area contributed by atoms with Crippen molar-refractivity contribution in [2.75, 3.05) is 5.75 Å². The average Bonchev–Trinajstić information content (AvgIpc) is 2.70. The van der Waals surface area contributed by atoms with Gasteiger partial charge in [0, 0.05) is 22.4 Å². The fourth-order valence-corrected chi connectivity index (χ4v) is 4.40. The van der Waals surface area contributed by atoms with Crippen molar-refractivity contribution in [1.82, 2.24) is 5.32 Å². The van der Waals surface area contributed by atoms with Crippen molar-refractivity contribution >= 4 is 28.3 Å². The van der Waals surface area contributed by atoms with Crippen LogP contribution in [0.15, 0.2) is 78.9 Å². The fourth-order valence-electron chi connectivity index (χ4n) is 2.83. The number of hydrogen-bond acceptors (Lipinski definition) is 2. The lowest BCUT2D eigenvalue weighted by atomic mass is 10.0. The van der Waals surface area contributed by atoms with E-state index in [4.69, 9.17) is 11.6 Å². The van der Waals surface area contributed by atoms with Crippen molar-refractivity contribution in [1.29, 1.82) is 0 Å². The highest BCUT2D eigenvalue weighted by Crippen LogP contribution is 2.29. The fraction of sp³-hybridized carbons (Fsp3) is 0.136. The smallest absolute Gasteiger partial charge is 0.232 e. The normalized spacial score (nSPS) is 12.9. The molecule has 0 spiro atoms. The minimum Gasteiger partial charge on any atom is -0.351 e. The van der Waals surface area contributed by atoms with Crippen molar-refractivity contribution in [2.24, 2.45) is 0 Å². The maximum atomic E-state index is 13.1. The standard InChI is InChI=1S/C22H19ClFNO2S/c23-19-10-8-18(9-11-19)22(17-4-2-1-3-5-17)28(27)15-21(26)25-14-16-6-12-20(24)13-7-16/h1-13,22H,14-15H2,(H,25,26)/t22-,28+/m0/s1. The predicted molar refractivity (Wildman–Crippen MR) is 111 cm³/mol. The molecule has 0 aliphatic heterocycles. The molecule has 1 N–H and O–H groups in total. The monoisotopic (exact) mass is 415 g/mol. The first-order valence-electron chi connectivity index (χ1n) is 8.71. The molecule has 0 unspecified atom stereocenters. The number of benzene rings is 3. The lowest BCUT2D eigenvalue weighted by molar-refractivity contribution is -0.118. The van der Waals surface area contributed by atoms with E-state index in [1.54, 1.807) is 24.3 Å². The van der Waals surface area contributed by atoms with E-state index in [0.29, 0.717) is 5.02 Å². The van der Waals surface area contributed by atoms with Gasteiger partial charge in [-0.1, -0.05) is 66.2 Å². The number of carbonyl (C=O) groups is 1. The number of halogens is 2. The molecule has 144 valence electrons. The minimum atomic E-state index is -1.47. The molecule has 1 amide bonds. The molecule has 0 bridgehead atoms. The maximum absolute atomic E-state index is 13.1. The molecular formula is C22H19ClFNO2S. The van der Waals surface area contributed by atoms with Crippen LogP contribution in [-0.2, 0) is 22.1 Å². The van der Waals surface area contributed by atoms with Gasteiger partial charge in [0.05, 0.1) is 5.25 Å². The van der Waals surface area contributed by atoms with E-state index in [2.05, 4.69) is 5.32 Å². The molecule has 0 saturated heterocycles. The molecule has 3 aromatic carbocycles. The van der Waals surface area contributed by atoms with E-state index < -0.39 is 16.0 Å². The minimum absolute atomic E-state index is 0.136. The van der Waals surface area contributed by atoms with Gasteiger partial charge in [-0.3, -0.25) is 9.00 Å². The summed E-state index contributed by atoms with van der Waals surface area (Å²) < 4.78 is 26.0. The third kappa shape index (κ3) is 5.50. The van der Waals surface area contributed by atoms with E-state index >= 15 is 0 Å². The largest absolute Gasteiger partial charge is 0.351 e. The Morgan fingerprint density at radius 3 is 2.18 bits per heavy atom. The number of rotatable bonds is 7. The van der Waals surface area contributed by atoms with E-state index in [1.807, 2.05) is 42.5 Å². The van der Waals surface area contributed by atoms with Gasteiger partial charge in [0.15, 0.2) is 0 Å². The van der Waals surface area contributed by atoms with Crippen LogP contribution in [0.1, 0.15) is 21.9 Å². The summed E-state index contributed by atoms with van der Waals surface area (Å²) in [6.07, 6.45) is 0. The van der Waals surface area contributed by atoms with Gasteiger partial charge in [0.2, 0.25) is 5.91 Å². The van der Waals surface area contributed by atoms with E-state index in [-0.39, 0.29) is 24.0 Å². The third-order valence-electron chi connectivity index (χ3n) is 4.21. The van der Waals surface area contributed by atoms with Crippen LogP contribution >= 0.6 is 11.6 Å². The van der Waals surface area contributed by atoms with Crippen molar-refractivity contribution in [3.8, 4) is 0 Å². The van der Waals surface area contributed by atoms with E-state index in [0.717, 1.165) is 16.7 Å². The molecule has 0 fully saturated rings. The summed E-state index contributed by atoms with van der Waals surface area (Å²) in [7, 11) is -1.47. The summed E-state index contributed by atoms with van der Waals surface area (Å²) >= 11 is 5.97. The summed E-state index contributed by atoms with van der Waals surface area (Å²) in [6, 6.07) is 22.5. The molecule has 28 heavy (non-hydrogen) atoms. The molecule has 3 aromatic rings. The number of amides is 1. The summed E-state index contributed by atoms with van der Waals surface area (Å²) in [5.74, 6) is -0.786. The Balaban J connectivity index is 1.71. The molecule has 0 heterocycles. The van der Waals surface area contributed by atoms with Crippen molar-refractivity contribution in [3.63, 3.8) is 0 Å².